The summed E-state index contributed by atoms with van der Waals surface area (Å²) in [6.07, 6.45) is 1.25. The molecule has 0 aliphatic carbocycles. The van der Waals surface area contributed by atoms with Crippen LogP contribution in [0.3, 0.4) is 0 Å². The molecule has 27 heavy (non-hydrogen) atoms. The molecule has 0 bridgehead atoms. The van der Waals surface area contributed by atoms with Crippen LogP contribution in [0.4, 0.5) is 0 Å². The highest BCUT2D eigenvalue weighted by molar-refractivity contribution is 5.79. The summed E-state index contributed by atoms with van der Waals surface area (Å²) in [5.41, 5.74) is 4.43. The average molecular weight is 369 g/mol. The topological polar surface area (TPSA) is 57.5 Å². The Morgan fingerprint density at radius 2 is 2.07 bits per heavy atom. The summed E-state index contributed by atoms with van der Waals surface area (Å²) >= 11 is 0. The van der Waals surface area contributed by atoms with Crippen LogP contribution >= 0.6 is 0 Å². The third-order valence-electron chi connectivity index (χ3n) is 5.03. The zero-order chi connectivity index (χ0) is 19.2. The Morgan fingerprint density at radius 1 is 1.26 bits per heavy atom. The van der Waals surface area contributed by atoms with Gasteiger partial charge in [0.1, 0.15) is 0 Å². The van der Waals surface area contributed by atoms with Gasteiger partial charge in [0.15, 0.2) is 5.96 Å². The lowest BCUT2D eigenvalue weighted by molar-refractivity contribution is 0.394. The Bertz CT molecular complexity index is 779. The molecule has 0 spiro atoms. The first kappa shape index (κ1) is 19.4. The molecule has 1 aliphatic heterocycles. The Hall–Kier alpha value is -2.34. The van der Waals surface area contributed by atoms with Gasteiger partial charge in [-0.05, 0) is 64.4 Å². The predicted molar refractivity (Wildman–Crippen MR) is 111 cm³/mol. The lowest BCUT2D eigenvalue weighted by Crippen LogP contribution is -2.40. The zero-order valence-electron chi connectivity index (χ0n) is 17.0. The molecule has 1 atom stereocenters. The van der Waals surface area contributed by atoms with Gasteiger partial charge < -0.3 is 15.5 Å². The maximum absolute atomic E-state index is 4.83. The van der Waals surface area contributed by atoms with Gasteiger partial charge in [0, 0.05) is 25.3 Å². The molecule has 1 aliphatic rings. The Morgan fingerprint density at radius 3 is 2.74 bits per heavy atom. The van der Waals surface area contributed by atoms with Crippen molar-refractivity contribution < 1.29 is 0 Å². The molecule has 0 amide bonds. The second-order valence-corrected chi connectivity index (χ2v) is 7.46. The first-order valence-corrected chi connectivity index (χ1v) is 9.89. The highest BCUT2D eigenvalue weighted by Crippen LogP contribution is 2.18. The van der Waals surface area contributed by atoms with Gasteiger partial charge in [-0.25, -0.2) is 9.67 Å². The number of aliphatic imine (C=N–C) groups is 1. The van der Waals surface area contributed by atoms with E-state index < -0.39 is 0 Å². The molecular weight excluding hydrogens is 336 g/mol. The van der Waals surface area contributed by atoms with Crippen molar-refractivity contribution in [1.29, 1.82) is 0 Å². The number of hydrogen-bond donors (Lipinski definition) is 2. The van der Waals surface area contributed by atoms with E-state index in [9.17, 15) is 0 Å². The molecule has 1 unspecified atom stereocenters. The third-order valence-corrected chi connectivity index (χ3v) is 5.03. The summed E-state index contributed by atoms with van der Waals surface area (Å²) in [5.74, 6) is 1.58. The molecule has 146 valence electrons. The van der Waals surface area contributed by atoms with Gasteiger partial charge in [-0.3, -0.25) is 0 Å². The summed E-state index contributed by atoms with van der Waals surface area (Å²) in [5, 5.41) is 11.5. The second-order valence-electron chi connectivity index (χ2n) is 7.46. The fourth-order valence-corrected chi connectivity index (χ4v) is 3.66. The number of hydrogen-bond acceptors (Lipinski definition) is 3. The number of nitrogens with one attached hydrogen (secondary N) is 2. The molecule has 2 heterocycles. The summed E-state index contributed by atoms with van der Waals surface area (Å²) < 4.78 is 2.01. The average Bonchev–Trinajstić information content (AvgIpc) is 3.22. The van der Waals surface area contributed by atoms with Crippen LogP contribution < -0.4 is 10.6 Å². The molecule has 6 nitrogen and oxygen atoms in total. The predicted octanol–water partition coefficient (Wildman–Crippen LogP) is 2.50. The van der Waals surface area contributed by atoms with Crippen molar-refractivity contribution in [3.8, 4) is 5.69 Å². The minimum atomic E-state index is 0.619. The standard InChI is InChI=1S/C21H32N6/c1-5-22-21(23-13-18-10-11-26(4)15-18)24-14-19-8-6-7-9-20(19)27-17(3)12-16(2)25-27/h6-9,12,18H,5,10-11,13-15H2,1-4H3,(H2,22,23,24). The molecule has 1 aromatic carbocycles. The highest BCUT2D eigenvalue weighted by atomic mass is 15.3. The third kappa shape index (κ3) is 5.10. The van der Waals surface area contributed by atoms with Crippen LogP contribution in [0.5, 0.6) is 0 Å². The second kappa shape index (κ2) is 9.04. The van der Waals surface area contributed by atoms with E-state index in [-0.39, 0.29) is 0 Å². The Kier molecular flexibility index (Phi) is 6.50. The lowest BCUT2D eigenvalue weighted by Gasteiger charge is -2.16. The lowest BCUT2D eigenvalue weighted by atomic mass is 10.1. The molecule has 2 N–H and O–H groups in total. The van der Waals surface area contributed by atoms with Crippen molar-refractivity contribution in [3.05, 3.63) is 47.3 Å². The summed E-state index contributed by atoms with van der Waals surface area (Å²) in [6.45, 7) is 11.0. The number of para-hydroxylation sites is 1. The van der Waals surface area contributed by atoms with Gasteiger partial charge in [-0.2, -0.15) is 5.10 Å². The van der Waals surface area contributed by atoms with Gasteiger partial charge >= 0.3 is 0 Å². The van der Waals surface area contributed by atoms with Gasteiger partial charge in [0.2, 0.25) is 0 Å². The Balaban J connectivity index is 1.71. The molecule has 0 saturated carbocycles. The van der Waals surface area contributed by atoms with E-state index in [0.717, 1.165) is 42.7 Å². The number of guanidine groups is 1. The van der Waals surface area contributed by atoms with E-state index in [1.54, 1.807) is 0 Å². The maximum Gasteiger partial charge on any atom is 0.191 e. The summed E-state index contributed by atoms with van der Waals surface area (Å²) in [4.78, 5) is 7.22. The summed E-state index contributed by atoms with van der Waals surface area (Å²) in [7, 11) is 2.19. The summed E-state index contributed by atoms with van der Waals surface area (Å²) in [6, 6.07) is 10.5. The molecule has 3 rings (SSSR count). The van der Waals surface area contributed by atoms with E-state index in [2.05, 4.69) is 71.9 Å². The van der Waals surface area contributed by atoms with Crippen molar-refractivity contribution in [2.45, 2.75) is 33.7 Å². The van der Waals surface area contributed by atoms with Crippen molar-refractivity contribution in [2.24, 2.45) is 10.9 Å². The monoisotopic (exact) mass is 368 g/mol. The van der Waals surface area contributed by atoms with E-state index in [4.69, 9.17) is 4.99 Å². The van der Waals surface area contributed by atoms with E-state index in [1.807, 2.05) is 11.6 Å². The van der Waals surface area contributed by atoms with Crippen LogP contribution in [0.25, 0.3) is 5.69 Å². The normalized spacial score (nSPS) is 18.1. The fraction of sp³-hybridized carbons (Fsp3) is 0.524. The van der Waals surface area contributed by atoms with Crippen molar-refractivity contribution in [2.75, 3.05) is 33.2 Å². The number of aryl methyl sites for hydroxylation is 2. The molecular formula is C21H32N6. The quantitative estimate of drug-likeness (QED) is 0.608. The van der Waals surface area contributed by atoms with Crippen LogP contribution in [0.2, 0.25) is 0 Å². The molecule has 1 aromatic heterocycles. The van der Waals surface area contributed by atoms with E-state index in [1.165, 1.54) is 18.5 Å². The van der Waals surface area contributed by atoms with Crippen LogP contribution in [0.1, 0.15) is 30.3 Å². The minimum Gasteiger partial charge on any atom is -0.357 e. The Labute approximate surface area is 162 Å². The first-order valence-electron chi connectivity index (χ1n) is 9.89. The van der Waals surface area contributed by atoms with Gasteiger partial charge in [-0.15, -0.1) is 0 Å². The first-order chi connectivity index (χ1) is 13.1. The minimum absolute atomic E-state index is 0.619. The van der Waals surface area contributed by atoms with Crippen molar-refractivity contribution in [3.63, 3.8) is 0 Å². The number of aromatic nitrogens is 2. The number of nitrogens with zero attached hydrogens (tertiary/aromatic N) is 4. The molecule has 0 radical (unpaired) electrons. The van der Waals surface area contributed by atoms with Gasteiger partial charge in [0.25, 0.3) is 0 Å². The van der Waals surface area contributed by atoms with Crippen LogP contribution in [0.15, 0.2) is 35.3 Å². The molecule has 2 aromatic rings. The van der Waals surface area contributed by atoms with Crippen LogP contribution in [0, 0.1) is 19.8 Å². The van der Waals surface area contributed by atoms with Gasteiger partial charge in [0.05, 0.1) is 17.9 Å². The van der Waals surface area contributed by atoms with Crippen molar-refractivity contribution >= 4 is 5.96 Å². The number of likely N-dealkylation sites (tertiary alicyclic amines) is 1. The van der Waals surface area contributed by atoms with Gasteiger partial charge in [-0.1, -0.05) is 18.2 Å². The van der Waals surface area contributed by atoms with Crippen LogP contribution in [-0.2, 0) is 6.54 Å². The maximum atomic E-state index is 4.83. The van der Waals surface area contributed by atoms with Crippen LogP contribution in [-0.4, -0.2) is 53.9 Å². The SMILES string of the molecule is CCNC(=NCc1ccccc1-n1nc(C)cc1C)NCC1CCN(C)C1. The number of benzene rings is 1. The molecule has 1 fully saturated rings. The number of rotatable bonds is 6. The fourth-order valence-electron chi connectivity index (χ4n) is 3.66. The van der Waals surface area contributed by atoms with Crippen molar-refractivity contribution in [1.82, 2.24) is 25.3 Å². The molecule has 6 heteroatoms. The van der Waals surface area contributed by atoms with E-state index in [0.29, 0.717) is 12.5 Å². The molecule has 1 saturated heterocycles. The smallest absolute Gasteiger partial charge is 0.191 e. The highest BCUT2D eigenvalue weighted by Gasteiger charge is 2.19. The largest absolute Gasteiger partial charge is 0.357 e. The zero-order valence-corrected chi connectivity index (χ0v) is 17.0. The van der Waals surface area contributed by atoms with E-state index >= 15 is 0 Å².